The first-order valence-corrected chi connectivity index (χ1v) is 6.57. The lowest BCUT2D eigenvalue weighted by atomic mass is 10.1. The van der Waals surface area contributed by atoms with Crippen molar-refractivity contribution in [2.75, 3.05) is 25.0 Å². The standard InChI is InChI=1S/C14H18ClN3/c1-10-8-18(9-11(2)17(10)3)14-5-4-13(15)6-12(14)7-16/h4-6,10-11H,8-9H2,1-3H3. The first-order chi connectivity index (χ1) is 8.52. The van der Waals surface area contributed by atoms with E-state index in [4.69, 9.17) is 11.6 Å². The maximum Gasteiger partial charge on any atom is 0.101 e. The van der Waals surface area contributed by atoms with Crippen molar-refractivity contribution >= 4 is 17.3 Å². The highest BCUT2D eigenvalue weighted by Crippen LogP contribution is 2.27. The molecule has 0 N–H and O–H groups in total. The molecule has 2 atom stereocenters. The van der Waals surface area contributed by atoms with E-state index in [1.54, 1.807) is 6.07 Å². The average molecular weight is 264 g/mol. The highest BCUT2D eigenvalue weighted by molar-refractivity contribution is 6.30. The van der Waals surface area contributed by atoms with Gasteiger partial charge in [0, 0.05) is 30.2 Å². The van der Waals surface area contributed by atoms with Gasteiger partial charge in [0.05, 0.1) is 11.3 Å². The third-order valence-corrected chi connectivity index (χ3v) is 4.01. The van der Waals surface area contributed by atoms with E-state index in [2.05, 4.69) is 36.8 Å². The molecule has 1 fully saturated rings. The van der Waals surface area contributed by atoms with Crippen LogP contribution in [0.1, 0.15) is 19.4 Å². The van der Waals surface area contributed by atoms with Crippen LogP contribution in [0.15, 0.2) is 18.2 Å². The minimum absolute atomic E-state index is 0.482. The predicted octanol–water partition coefficient (Wildman–Crippen LogP) is 2.74. The normalized spacial score (nSPS) is 24.9. The van der Waals surface area contributed by atoms with Crippen LogP contribution >= 0.6 is 11.6 Å². The quantitative estimate of drug-likeness (QED) is 0.781. The predicted molar refractivity (Wildman–Crippen MR) is 75.1 cm³/mol. The van der Waals surface area contributed by atoms with Gasteiger partial charge in [-0.2, -0.15) is 5.26 Å². The Balaban J connectivity index is 2.30. The third-order valence-electron chi connectivity index (χ3n) is 3.78. The number of likely N-dealkylation sites (N-methyl/N-ethyl adjacent to an activating group) is 1. The summed E-state index contributed by atoms with van der Waals surface area (Å²) < 4.78 is 0. The summed E-state index contributed by atoms with van der Waals surface area (Å²) in [5.41, 5.74) is 1.65. The van der Waals surface area contributed by atoms with Crippen LogP contribution in [-0.2, 0) is 0 Å². The number of anilines is 1. The number of hydrogen-bond donors (Lipinski definition) is 0. The lowest BCUT2D eigenvalue weighted by Gasteiger charge is -2.43. The molecule has 4 heteroatoms. The molecule has 0 bridgehead atoms. The molecule has 1 aliphatic heterocycles. The minimum atomic E-state index is 0.482. The molecule has 18 heavy (non-hydrogen) atoms. The van der Waals surface area contributed by atoms with Gasteiger partial charge in [-0.3, -0.25) is 4.90 Å². The first-order valence-electron chi connectivity index (χ1n) is 6.19. The van der Waals surface area contributed by atoms with Crippen LogP contribution < -0.4 is 4.90 Å². The van der Waals surface area contributed by atoms with Crippen molar-refractivity contribution in [3.63, 3.8) is 0 Å². The molecule has 0 saturated carbocycles. The van der Waals surface area contributed by atoms with E-state index >= 15 is 0 Å². The maximum absolute atomic E-state index is 9.21. The second-order valence-electron chi connectivity index (χ2n) is 5.04. The Labute approximate surface area is 114 Å². The number of piperazine rings is 1. The lowest BCUT2D eigenvalue weighted by Crippen LogP contribution is -2.55. The summed E-state index contributed by atoms with van der Waals surface area (Å²) in [6, 6.07) is 8.74. The van der Waals surface area contributed by atoms with Crippen molar-refractivity contribution in [2.24, 2.45) is 0 Å². The fraction of sp³-hybridized carbons (Fsp3) is 0.500. The molecule has 1 aromatic carbocycles. The van der Waals surface area contributed by atoms with Crippen LogP contribution in [0.5, 0.6) is 0 Å². The zero-order chi connectivity index (χ0) is 13.3. The Kier molecular flexibility index (Phi) is 3.79. The van der Waals surface area contributed by atoms with E-state index in [1.165, 1.54) is 0 Å². The number of hydrogen-bond acceptors (Lipinski definition) is 3. The van der Waals surface area contributed by atoms with Crippen LogP contribution in [0.25, 0.3) is 0 Å². The second kappa shape index (κ2) is 5.17. The Morgan fingerprint density at radius 2 is 1.89 bits per heavy atom. The monoisotopic (exact) mass is 263 g/mol. The number of rotatable bonds is 1. The fourth-order valence-electron chi connectivity index (χ4n) is 2.47. The molecular formula is C14H18ClN3. The maximum atomic E-state index is 9.21. The Hall–Kier alpha value is -1.24. The van der Waals surface area contributed by atoms with Gasteiger partial charge in [0.2, 0.25) is 0 Å². The van der Waals surface area contributed by atoms with Gasteiger partial charge in [-0.05, 0) is 39.1 Å². The first kappa shape index (κ1) is 13.2. The summed E-state index contributed by atoms with van der Waals surface area (Å²) in [5, 5.41) is 9.83. The van der Waals surface area contributed by atoms with Gasteiger partial charge in [0.25, 0.3) is 0 Å². The van der Waals surface area contributed by atoms with E-state index < -0.39 is 0 Å². The SMILES string of the molecule is CC1CN(c2ccc(Cl)cc2C#N)CC(C)N1C. The molecule has 1 aliphatic rings. The van der Waals surface area contributed by atoms with Crippen molar-refractivity contribution in [3.8, 4) is 6.07 Å². The number of benzene rings is 1. The second-order valence-corrected chi connectivity index (χ2v) is 5.48. The van der Waals surface area contributed by atoms with Crippen molar-refractivity contribution in [2.45, 2.75) is 25.9 Å². The van der Waals surface area contributed by atoms with Crippen molar-refractivity contribution in [1.29, 1.82) is 5.26 Å². The summed E-state index contributed by atoms with van der Waals surface area (Å²) in [7, 11) is 2.15. The Morgan fingerprint density at radius 1 is 1.28 bits per heavy atom. The van der Waals surface area contributed by atoms with Gasteiger partial charge in [-0.15, -0.1) is 0 Å². The number of halogens is 1. The summed E-state index contributed by atoms with van der Waals surface area (Å²) >= 11 is 5.94. The van der Waals surface area contributed by atoms with Gasteiger partial charge in [-0.1, -0.05) is 11.6 Å². The molecule has 2 unspecified atom stereocenters. The van der Waals surface area contributed by atoms with Gasteiger partial charge in [0.15, 0.2) is 0 Å². The smallest absolute Gasteiger partial charge is 0.101 e. The molecule has 0 amide bonds. The van der Waals surface area contributed by atoms with Crippen molar-refractivity contribution in [1.82, 2.24) is 4.90 Å². The summed E-state index contributed by atoms with van der Waals surface area (Å²) in [6.07, 6.45) is 0. The van der Waals surface area contributed by atoms with Crippen LogP contribution in [0, 0.1) is 11.3 Å². The molecule has 1 heterocycles. The molecule has 2 rings (SSSR count). The molecular weight excluding hydrogens is 246 g/mol. The largest absolute Gasteiger partial charge is 0.367 e. The molecule has 96 valence electrons. The minimum Gasteiger partial charge on any atom is -0.367 e. The summed E-state index contributed by atoms with van der Waals surface area (Å²) in [5.74, 6) is 0. The molecule has 0 aromatic heterocycles. The van der Waals surface area contributed by atoms with Crippen LogP contribution in [0.4, 0.5) is 5.69 Å². The molecule has 0 aliphatic carbocycles. The van der Waals surface area contributed by atoms with Crippen LogP contribution in [0.3, 0.4) is 0 Å². The van der Waals surface area contributed by atoms with Crippen LogP contribution in [0.2, 0.25) is 5.02 Å². The van der Waals surface area contributed by atoms with Gasteiger partial charge < -0.3 is 4.90 Å². The molecule has 3 nitrogen and oxygen atoms in total. The average Bonchev–Trinajstić information content (AvgIpc) is 2.35. The topological polar surface area (TPSA) is 30.3 Å². The Bertz CT molecular complexity index is 468. The molecule has 1 saturated heterocycles. The van der Waals surface area contributed by atoms with Gasteiger partial charge >= 0.3 is 0 Å². The van der Waals surface area contributed by atoms with E-state index in [0.717, 1.165) is 18.8 Å². The Morgan fingerprint density at radius 3 is 2.44 bits per heavy atom. The highest BCUT2D eigenvalue weighted by Gasteiger charge is 2.27. The van der Waals surface area contributed by atoms with Crippen molar-refractivity contribution in [3.05, 3.63) is 28.8 Å². The van der Waals surface area contributed by atoms with Crippen LogP contribution in [-0.4, -0.2) is 37.1 Å². The summed E-state index contributed by atoms with van der Waals surface area (Å²) in [4.78, 5) is 4.66. The molecule has 0 spiro atoms. The molecule has 1 aromatic rings. The number of nitriles is 1. The lowest BCUT2D eigenvalue weighted by molar-refractivity contribution is 0.170. The summed E-state index contributed by atoms with van der Waals surface area (Å²) in [6.45, 7) is 6.31. The van der Waals surface area contributed by atoms with Gasteiger partial charge in [0.1, 0.15) is 6.07 Å². The highest BCUT2D eigenvalue weighted by atomic mass is 35.5. The zero-order valence-electron chi connectivity index (χ0n) is 11.0. The third kappa shape index (κ3) is 2.45. The van der Waals surface area contributed by atoms with E-state index in [-0.39, 0.29) is 0 Å². The number of nitrogens with zero attached hydrogens (tertiary/aromatic N) is 3. The van der Waals surface area contributed by atoms with E-state index in [0.29, 0.717) is 22.7 Å². The van der Waals surface area contributed by atoms with Gasteiger partial charge in [-0.25, -0.2) is 0 Å². The van der Waals surface area contributed by atoms with E-state index in [9.17, 15) is 5.26 Å². The fourth-order valence-corrected chi connectivity index (χ4v) is 2.65. The van der Waals surface area contributed by atoms with Crippen molar-refractivity contribution < 1.29 is 0 Å². The molecule has 0 radical (unpaired) electrons. The zero-order valence-corrected chi connectivity index (χ0v) is 11.8. The van der Waals surface area contributed by atoms with E-state index in [1.807, 2.05) is 12.1 Å².